The molecule has 0 radical (unpaired) electrons. The number of hydrogen-bond donors (Lipinski definition) is 0. The van der Waals surface area contributed by atoms with Gasteiger partial charge in [0.15, 0.2) is 0 Å². The summed E-state index contributed by atoms with van der Waals surface area (Å²) < 4.78 is 0. The molecule has 3 aromatic carbocycles. The second-order valence-corrected chi connectivity index (χ2v) is 14.2. The fourth-order valence-electron chi connectivity index (χ4n) is 2.18. The third kappa shape index (κ3) is 17.9. The first-order valence-corrected chi connectivity index (χ1v) is 17.2. The van der Waals surface area contributed by atoms with E-state index in [1.54, 1.807) is 6.07 Å². The molecule has 1 nitrogen and oxygen atoms in total. The fourth-order valence-corrected chi connectivity index (χ4v) is 4.48. The van der Waals surface area contributed by atoms with Gasteiger partial charge in [0.2, 0.25) is 0 Å². The SMILES string of the molecule is CP(C)c1ccccc1.CP(C)c1ccccc1.CP(C)c1ccccc1.N#CCCl.[W]. The van der Waals surface area contributed by atoms with Crippen LogP contribution in [0.2, 0.25) is 0 Å². The van der Waals surface area contributed by atoms with Gasteiger partial charge in [-0.15, -0.1) is 11.6 Å². The van der Waals surface area contributed by atoms with Gasteiger partial charge in [-0.2, -0.15) is 5.26 Å². The Morgan fingerprint density at radius 3 is 0.844 bits per heavy atom. The summed E-state index contributed by atoms with van der Waals surface area (Å²) in [5.74, 6) is 0.0972. The summed E-state index contributed by atoms with van der Waals surface area (Å²) in [6.45, 7) is 13.6. The molecule has 0 N–H and O–H groups in total. The van der Waals surface area contributed by atoms with Crippen molar-refractivity contribution < 1.29 is 21.1 Å². The smallest absolute Gasteiger partial charge is 0.109 e. The Balaban J connectivity index is 0. The Kier molecular flexibility index (Phi) is 23.3. The van der Waals surface area contributed by atoms with E-state index >= 15 is 0 Å². The van der Waals surface area contributed by atoms with Gasteiger partial charge in [0, 0.05) is 21.1 Å². The Labute approximate surface area is 219 Å². The normalized spacial score (nSPS) is 9.16. The zero-order valence-corrected chi connectivity index (χ0v) is 26.3. The van der Waals surface area contributed by atoms with Crippen molar-refractivity contribution >= 4 is 51.3 Å². The Morgan fingerprint density at radius 2 is 0.750 bits per heavy atom. The zero-order chi connectivity index (χ0) is 23.5. The second-order valence-electron chi connectivity index (χ2n) is 6.98. The number of alkyl halides is 1. The molecule has 0 atom stereocenters. The van der Waals surface area contributed by atoms with Crippen LogP contribution < -0.4 is 15.9 Å². The molecular weight excluding hydrogens is 639 g/mol. The minimum Gasteiger partial charge on any atom is -0.197 e. The van der Waals surface area contributed by atoms with Crippen molar-refractivity contribution in [3.63, 3.8) is 0 Å². The first-order chi connectivity index (χ1) is 14.8. The minimum absolute atomic E-state index is 0. The van der Waals surface area contributed by atoms with Crippen molar-refractivity contribution in [2.75, 3.05) is 45.9 Å². The number of benzene rings is 3. The first-order valence-electron chi connectivity index (χ1n) is 9.93. The van der Waals surface area contributed by atoms with Crippen LogP contribution in [0.4, 0.5) is 0 Å². The molecule has 3 aromatic rings. The maximum Gasteiger partial charge on any atom is 0.109 e. The molecule has 0 aromatic heterocycles. The topological polar surface area (TPSA) is 23.8 Å². The predicted molar refractivity (Wildman–Crippen MR) is 151 cm³/mol. The van der Waals surface area contributed by atoms with Crippen LogP contribution in [0.1, 0.15) is 0 Å². The molecule has 0 unspecified atom stereocenters. The molecule has 3 rings (SSSR count). The molecule has 6 heteroatoms. The molecule has 0 heterocycles. The zero-order valence-electron chi connectivity index (χ0n) is 19.9. The number of hydrogen-bond acceptors (Lipinski definition) is 1. The van der Waals surface area contributed by atoms with E-state index in [1.807, 2.05) is 0 Å². The molecule has 32 heavy (non-hydrogen) atoms. The second kappa shape index (κ2) is 22.2. The monoisotopic (exact) mass is 673 g/mol. The van der Waals surface area contributed by atoms with Gasteiger partial charge in [-0.3, -0.25) is 0 Å². The summed E-state index contributed by atoms with van der Waals surface area (Å²) in [6.07, 6.45) is 0. The molecule has 0 aliphatic heterocycles. The molecule has 0 saturated heterocycles. The molecule has 0 aliphatic rings. The van der Waals surface area contributed by atoms with Crippen LogP contribution in [-0.4, -0.2) is 45.9 Å². The van der Waals surface area contributed by atoms with Gasteiger partial charge in [-0.05, 0) is 55.9 Å². The van der Waals surface area contributed by atoms with Crippen molar-refractivity contribution in [3.05, 3.63) is 91.0 Å². The number of nitriles is 1. The Bertz CT molecular complexity index is 721. The van der Waals surface area contributed by atoms with E-state index in [9.17, 15) is 0 Å². The molecule has 0 bridgehead atoms. The molecule has 172 valence electrons. The van der Waals surface area contributed by atoms with Crippen molar-refractivity contribution in [1.29, 1.82) is 5.26 Å². The maximum absolute atomic E-state index is 7.49. The first kappa shape index (κ1) is 33.6. The number of halogens is 1. The Morgan fingerprint density at radius 1 is 0.562 bits per heavy atom. The van der Waals surface area contributed by atoms with Crippen LogP contribution in [0.5, 0.6) is 0 Å². The fraction of sp³-hybridized carbons (Fsp3) is 0.269. The van der Waals surface area contributed by atoms with E-state index in [4.69, 9.17) is 16.9 Å². The van der Waals surface area contributed by atoms with E-state index in [0.29, 0.717) is 0 Å². The molecule has 0 aliphatic carbocycles. The summed E-state index contributed by atoms with van der Waals surface area (Å²) in [4.78, 5) is 0. The average molecular weight is 674 g/mol. The summed E-state index contributed by atoms with van der Waals surface area (Å²) in [5.41, 5.74) is 0. The molecule has 0 fully saturated rings. The third-order valence-corrected chi connectivity index (χ3v) is 7.99. The molecule has 0 saturated carbocycles. The van der Waals surface area contributed by atoms with E-state index in [1.165, 1.54) is 15.9 Å². The van der Waals surface area contributed by atoms with Crippen LogP contribution in [0.25, 0.3) is 0 Å². The van der Waals surface area contributed by atoms with Crippen LogP contribution >= 0.6 is 35.4 Å². The number of rotatable bonds is 3. The quantitative estimate of drug-likeness (QED) is 0.219. The van der Waals surface area contributed by atoms with E-state index in [0.717, 1.165) is 0 Å². The van der Waals surface area contributed by atoms with Crippen LogP contribution in [-0.2, 0) is 21.1 Å². The van der Waals surface area contributed by atoms with Gasteiger partial charge >= 0.3 is 0 Å². The van der Waals surface area contributed by atoms with Crippen molar-refractivity contribution in [1.82, 2.24) is 0 Å². The van der Waals surface area contributed by atoms with Crippen molar-refractivity contribution in [2.24, 2.45) is 0 Å². The van der Waals surface area contributed by atoms with Gasteiger partial charge in [0.1, 0.15) is 5.88 Å². The van der Waals surface area contributed by atoms with E-state index < -0.39 is 0 Å². The summed E-state index contributed by atoms with van der Waals surface area (Å²) >= 11 is 4.82. The van der Waals surface area contributed by atoms with Crippen LogP contribution in [0, 0.1) is 11.3 Å². The van der Waals surface area contributed by atoms with Gasteiger partial charge in [-0.25, -0.2) is 0 Å². The maximum atomic E-state index is 7.49. The summed E-state index contributed by atoms with van der Waals surface area (Å²) in [6, 6.07) is 33.6. The predicted octanol–water partition coefficient (Wildman–Crippen LogP) is 6.91. The van der Waals surface area contributed by atoms with Gasteiger partial charge in [0.05, 0.1) is 6.07 Å². The molecular formula is C26H35ClNP3W. The van der Waals surface area contributed by atoms with Crippen LogP contribution in [0.15, 0.2) is 91.0 Å². The summed E-state index contributed by atoms with van der Waals surface area (Å²) in [7, 11) is 0.313. The summed E-state index contributed by atoms with van der Waals surface area (Å²) in [5, 5.41) is 11.9. The number of nitrogens with zero attached hydrogens (tertiary/aromatic N) is 1. The van der Waals surface area contributed by atoms with Gasteiger partial charge < -0.3 is 0 Å². The van der Waals surface area contributed by atoms with E-state index in [2.05, 4.69) is 131 Å². The average Bonchev–Trinajstić information content (AvgIpc) is 2.81. The van der Waals surface area contributed by atoms with Gasteiger partial charge in [-0.1, -0.05) is 115 Å². The molecule has 0 amide bonds. The Hall–Kier alpha value is -0.582. The van der Waals surface area contributed by atoms with Gasteiger partial charge in [0.25, 0.3) is 0 Å². The standard InChI is InChI=1S/3C8H11P.C2H2ClN.W/c3*1-9(2)8-6-4-3-5-7-8;3-1-2-4;/h3*3-7H,1-2H3;1H2;. The third-order valence-electron chi connectivity index (χ3n) is 3.88. The van der Waals surface area contributed by atoms with Crippen molar-refractivity contribution in [2.45, 2.75) is 0 Å². The molecule has 0 spiro atoms. The minimum atomic E-state index is 0. The van der Waals surface area contributed by atoms with Crippen LogP contribution in [0.3, 0.4) is 0 Å². The van der Waals surface area contributed by atoms with E-state index in [-0.39, 0.29) is 50.7 Å². The van der Waals surface area contributed by atoms with Crippen molar-refractivity contribution in [3.8, 4) is 6.07 Å². The largest absolute Gasteiger partial charge is 0.197 e.